The van der Waals surface area contributed by atoms with Crippen LogP contribution in [0.25, 0.3) is 0 Å². The Hall–Kier alpha value is -1.32. The number of nitrogens with two attached hydrogens (primary N) is 1. The molecule has 4 heteroatoms. The fraction of sp³-hybridized carbons (Fsp3) is 0.400. The maximum Gasteiger partial charge on any atom is 0.0492 e. The van der Waals surface area contributed by atoms with E-state index in [2.05, 4.69) is 17.2 Å². The summed E-state index contributed by atoms with van der Waals surface area (Å²) in [4.78, 5) is 0. The molecule has 1 unspecified atom stereocenters. The van der Waals surface area contributed by atoms with Gasteiger partial charge in [-0.15, -0.1) is 0 Å². The second-order valence-electron chi connectivity index (χ2n) is 4.92. The Balaban J connectivity index is 1.92. The zero-order chi connectivity index (χ0) is 13.7. The molecule has 0 saturated carbocycles. The molecule has 1 heterocycles. The third kappa shape index (κ3) is 4.08. The van der Waals surface area contributed by atoms with Gasteiger partial charge in [0.15, 0.2) is 0 Å². The summed E-state index contributed by atoms with van der Waals surface area (Å²) in [6.45, 7) is 0.699. The van der Waals surface area contributed by atoms with Gasteiger partial charge >= 0.3 is 0 Å². The fourth-order valence-electron chi connectivity index (χ4n) is 2.30. The van der Waals surface area contributed by atoms with Crippen LogP contribution >= 0.6 is 11.6 Å². The summed E-state index contributed by atoms with van der Waals surface area (Å²) in [6.07, 6.45) is 4.90. The van der Waals surface area contributed by atoms with Crippen LogP contribution < -0.4 is 5.73 Å². The summed E-state index contributed by atoms with van der Waals surface area (Å²) in [5, 5.41) is 4.98. The Morgan fingerprint density at radius 1 is 1.37 bits per heavy atom. The van der Waals surface area contributed by atoms with Crippen LogP contribution in [0.15, 0.2) is 36.5 Å². The average molecular weight is 278 g/mol. The molecule has 0 radical (unpaired) electrons. The Morgan fingerprint density at radius 3 is 2.84 bits per heavy atom. The van der Waals surface area contributed by atoms with E-state index in [0.29, 0.717) is 12.5 Å². The van der Waals surface area contributed by atoms with Crippen LogP contribution in [0, 0.1) is 5.92 Å². The van der Waals surface area contributed by atoms with Gasteiger partial charge in [-0.3, -0.25) is 4.68 Å². The van der Waals surface area contributed by atoms with Crippen molar-refractivity contribution in [2.24, 2.45) is 18.7 Å². The van der Waals surface area contributed by atoms with Gasteiger partial charge in [-0.05, 0) is 55.5 Å². The van der Waals surface area contributed by atoms with E-state index in [1.807, 2.05) is 36.1 Å². The maximum atomic E-state index is 6.01. The number of halogens is 1. The first kappa shape index (κ1) is 14.1. The summed E-state index contributed by atoms with van der Waals surface area (Å²) in [5.41, 5.74) is 8.39. The Kier molecular flexibility index (Phi) is 5.00. The van der Waals surface area contributed by atoms with Crippen molar-refractivity contribution in [3.63, 3.8) is 0 Å². The van der Waals surface area contributed by atoms with Gasteiger partial charge in [0.25, 0.3) is 0 Å². The minimum absolute atomic E-state index is 0.480. The topological polar surface area (TPSA) is 43.8 Å². The highest BCUT2D eigenvalue weighted by Gasteiger charge is 2.10. The minimum Gasteiger partial charge on any atom is -0.330 e. The zero-order valence-corrected chi connectivity index (χ0v) is 12.0. The monoisotopic (exact) mass is 277 g/mol. The van der Waals surface area contributed by atoms with Gasteiger partial charge in [0.2, 0.25) is 0 Å². The molecule has 0 saturated heterocycles. The van der Waals surface area contributed by atoms with Crippen LogP contribution in [0.4, 0.5) is 0 Å². The van der Waals surface area contributed by atoms with Gasteiger partial charge < -0.3 is 5.73 Å². The van der Waals surface area contributed by atoms with Crippen molar-refractivity contribution in [1.29, 1.82) is 0 Å². The number of benzene rings is 1. The largest absolute Gasteiger partial charge is 0.330 e. The van der Waals surface area contributed by atoms with E-state index in [1.165, 1.54) is 11.3 Å². The molecular formula is C15H20ClN3. The molecule has 0 aliphatic carbocycles. The predicted molar refractivity (Wildman–Crippen MR) is 79.2 cm³/mol. The van der Waals surface area contributed by atoms with Crippen molar-refractivity contribution >= 4 is 11.6 Å². The van der Waals surface area contributed by atoms with Gasteiger partial charge in [0.1, 0.15) is 0 Å². The normalized spacial score (nSPS) is 12.6. The quantitative estimate of drug-likeness (QED) is 0.882. The van der Waals surface area contributed by atoms with Crippen molar-refractivity contribution in [2.75, 3.05) is 6.54 Å². The second-order valence-corrected chi connectivity index (χ2v) is 5.36. The highest BCUT2D eigenvalue weighted by Crippen LogP contribution is 2.17. The second kappa shape index (κ2) is 6.73. The van der Waals surface area contributed by atoms with E-state index >= 15 is 0 Å². The van der Waals surface area contributed by atoms with Crippen LogP contribution in [-0.2, 0) is 19.9 Å². The SMILES string of the molecule is Cn1nccc1CCC(CN)Cc1cccc(Cl)c1. The smallest absolute Gasteiger partial charge is 0.0492 e. The van der Waals surface area contributed by atoms with Gasteiger partial charge in [-0.1, -0.05) is 23.7 Å². The lowest BCUT2D eigenvalue weighted by Gasteiger charge is -2.15. The molecule has 0 fully saturated rings. The third-order valence-corrected chi connectivity index (χ3v) is 3.71. The van der Waals surface area contributed by atoms with Crippen LogP contribution in [0.2, 0.25) is 5.02 Å². The first-order chi connectivity index (χ1) is 9.19. The van der Waals surface area contributed by atoms with E-state index in [4.69, 9.17) is 17.3 Å². The molecule has 3 nitrogen and oxygen atoms in total. The van der Waals surface area contributed by atoms with Crippen molar-refractivity contribution in [1.82, 2.24) is 9.78 Å². The van der Waals surface area contributed by atoms with Crippen LogP contribution in [0.5, 0.6) is 0 Å². The van der Waals surface area contributed by atoms with E-state index in [0.717, 1.165) is 24.3 Å². The molecule has 2 N–H and O–H groups in total. The summed E-state index contributed by atoms with van der Waals surface area (Å²) in [6, 6.07) is 10.1. The summed E-state index contributed by atoms with van der Waals surface area (Å²) in [5.74, 6) is 0.480. The van der Waals surface area contributed by atoms with Gasteiger partial charge in [-0.25, -0.2) is 0 Å². The Morgan fingerprint density at radius 2 is 2.21 bits per heavy atom. The number of aromatic nitrogens is 2. The van der Waals surface area contributed by atoms with E-state index in [-0.39, 0.29) is 0 Å². The molecule has 0 amide bonds. The summed E-state index contributed by atoms with van der Waals surface area (Å²) in [7, 11) is 1.98. The molecule has 1 aromatic carbocycles. The molecule has 0 bridgehead atoms. The number of nitrogens with zero attached hydrogens (tertiary/aromatic N) is 2. The zero-order valence-electron chi connectivity index (χ0n) is 11.2. The van der Waals surface area contributed by atoms with Crippen molar-refractivity contribution in [3.05, 3.63) is 52.8 Å². The van der Waals surface area contributed by atoms with E-state index in [9.17, 15) is 0 Å². The molecule has 1 aromatic heterocycles. The van der Waals surface area contributed by atoms with E-state index < -0.39 is 0 Å². The maximum absolute atomic E-state index is 6.01. The lowest BCUT2D eigenvalue weighted by molar-refractivity contribution is 0.485. The van der Waals surface area contributed by atoms with Gasteiger partial charge in [0.05, 0.1) is 0 Å². The lowest BCUT2D eigenvalue weighted by atomic mass is 9.94. The van der Waals surface area contributed by atoms with Crippen molar-refractivity contribution < 1.29 is 0 Å². The highest BCUT2D eigenvalue weighted by atomic mass is 35.5. The average Bonchev–Trinajstić information content (AvgIpc) is 2.80. The van der Waals surface area contributed by atoms with Crippen LogP contribution in [0.1, 0.15) is 17.7 Å². The molecule has 0 aliphatic heterocycles. The number of rotatable bonds is 6. The molecular weight excluding hydrogens is 258 g/mol. The standard InChI is InChI=1S/C15H20ClN3/c1-19-15(7-8-18-19)6-5-13(11-17)9-12-3-2-4-14(16)10-12/h2-4,7-8,10,13H,5-6,9,11,17H2,1H3. The summed E-state index contributed by atoms with van der Waals surface area (Å²) < 4.78 is 1.92. The minimum atomic E-state index is 0.480. The van der Waals surface area contributed by atoms with Gasteiger partial charge in [-0.2, -0.15) is 5.10 Å². The molecule has 1 atom stereocenters. The van der Waals surface area contributed by atoms with Crippen molar-refractivity contribution in [3.8, 4) is 0 Å². The number of hydrogen-bond acceptors (Lipinski definition) is 2. The lowest BCUT2D eigenvalue weighted by Crippen LogP contribution is -2.18. The molecule has 0 spiro atoms. The molecule has 2 rings (SSSR count). The van der Waals surface area contributed by atoms with Crippen molar-refractivity contribution in [2.45, 2.75) is 19.3 Å². The predicted octanol–water partition coefficient (Wildman–Crippen LogP) is 2.82. The molecule has 0 aliphatic rings. The summed E-state index contributed by atoms with van der Waals surface area (Å²) >= 11 is 6.01. The Bertz CT molecular complexity index is 522. The van der Waals surface area contributed by atoms with Crippen LogP contribution in [-0.4, -0.2) is 16.3 Å². The third-order valence-electron chi connectivity index (χ3n) is 3.48. The van der Waals surface area contributed by atoms with E-state index in [1.54, 1.807) is 0 Å². The molecule has 19 heavy (non-hydrogen) atoms. The molecule has 2 aromatic rings. The van der Waals surface area contributed by atoms with Crippen LogP contribution in [0.3, 0.4) is 0 Å². The fourth-order valence-corrected chi connectivity index (χ4v) is 2.51. The first-order valence-electron chi connectivity index (χ1n) is 6.60. The molecule has 102 valence electrons. The first-order valence-corrected chi connectivity index (χ1v) is 6.98. The Labute approximate surface area is 119 Å². The van der Waals surface area contributed by atoms with Gasteiger partial charge in [0, 0.05) is 24.0 Å². The number of hydrogen-bond donors (Lipinski definition) is 1. The number of aryl methyl sites for hydroxylation is 2. The highest BCUT2D eigenvalue weighted by molar-refractivity contribution is 6.30.